The number of carboxylic acid groups (broad SMARTS) is 2. The van der Waals surface area contributed by atoms with Gasteiger partial charge in [0.2, 0.25) is 0 Å². The van der Waals surface area contributed by atoms with Crippen LogP contribution < -0.4 is 5.32 Å². The first-order chi connectivity index (χ1) is 7.91. The van der Waals surface area contributed by atoms with Crippen LogP contribution in [0.3, 0.4) is 0 Å². The fourth-order valence-corrected chi connectivity index (χ4v) is 1.78. The maximum atomic E-state index is 10.9. The summed E-state index contributed by atoms with van der Waals surface area (Å²) in [6.45, 7) is 0.0803. The molecule has 0 fully saturated rings. The predicted octanol–water partition coefficient (Wildman–Crippen LogP) is 2.58. The number of carbonyl (C=O) groups is 2. The molecule has 0 aliphatic heterocycles. The summed E-state index contributed by atoms with van der Waals surface area (Å²) in [5.74, 6) is -2.17. The Morgan fingerprint density at radius 1 is 1.24 bits per heavy atom. The monoisotopic (exact) mass is 277 g/mol. The number of rotatable bonds is 5. The molecule has 1 aromatic carbocycles. The molecule has 7 heteroatoms. The van der Waals surface area contributed by atoms with Gasteiger partial charge in [-0.15, -0.1) is 0 Å². The van der Waals surface area contributed by atoms with E-state index in [0.29, 0.717) is 0 Å². The van der Waals surface area contributed by atoms with Crippen LogP contribution in [0.2, 0.25) is 10.0 Å². The standard InChI is InChI=1S/C10H9Cl2NO4/c11-5-3-6(10(16)17)9(7(12)4-5)13-2-1-8(14)15/h3-4,13H,1-2H2,(H,14,15)(H,16,17). The minimum absolute atomic E-state index is 0.0803. The van der Waals surface area contributed by atoms with Gasteiger partial charge in [-0.3, -0.25) is 4.79 Å². The van der Waals surface area contributed by atoms with E-state index >= 15 is 0 Å². The van der Waals surface area contributed by atoms with Crippen molar-refractivity contribution in [3.05, 3.63) is 27.7 Å². The smallest absolute Gasteiger partial charge is 0.337 e. The summed E-state index contributed by atoms with van der Waals surface area (Å²) in [5, 5.41) is 20.4. The highest BCUT2D eigenvalue weighted by Crippen LogP contribution is 2.30. The Morgan fingerprint density at radius 3 is 2.41 bits per heavy atom. The Labute approximate surface area is 107 Å². The molecule has 0 spiro atoms. The molecule has 5 nitrogen and oxygen atoms in total. The number of anilines is 1. The van der Waals surface area contributed by atoms with Gasteiger partial charge in [0.15, 0.2) is 0 Å². The molecular weight excluding hydrogens is 269 g/mol. The van der Waals surface area contributed by atoms with Crippen LogP contribution in [0.4, 0.5) is 5.69 Å². The van der Waals surface area contributed by atoms with Crippen molar-refractivity contribution in [1.82, 2.24) is 0 Å². The maximum absolute atomic E-state index is 10.9. The second-order valence-corrected chi connectivity index (χ2v) is 4.03. The van der Waals surface area contributed by atoms with Crippen LogP contribution >= 0.6 is 23.2 Å². The van der Waals surface area contributed by atoms with Crippen molar-refractivity contribution in [2.24, 2.45) is 0 Å². The number of benzene rings is 1. The molecule has 92 valence electrons. The minimum atomic E-state index is -1.19. The lowest BCUT2D eigenvalue weighted by atomic mass is 10.1. The van der Waals surface area contributed by atoms with Gasteiger partial charge < -0.3 is 15.5 Å². The summed E-state index contributed by atoms with van der Waals surface area (Å²) in [7, 11) is 0. The average molecular weight is 278 g/mol. The second kappa shape index (κ2) is 5.75. The summed E-state index contributed by atoms with van der Waals surface area (Å²) in [4.78, 5) is 21.3. The molecule has 0 atom stereocenters. The molecule has 0 bridgehead atoms. The topological polar surface area (TPSA) is 86.6 Å². The van der Waals surface area contributed by atoms with Gasteiger partial charge in [0, 0.05) is 11.6 Å². The fraction of sp³-hybridized carbons (Fsp3) is 0.200. The van der Waals surface area contributed by atoms with E-state index in [1.165, 1.54) is 12.1 Å². The lowest BCUT2D eigenvalue weighted by Gasteiger charge is -2.11. The van der Waals surface area contributed by atoms with Gasteiger partial charge in [0.25, 0.3) is 0 Å². The first kappa shape index (κ1) is 13.6. The van der Waals surface area contributed by atoms with Crippen LogP contribution in [-0.2, 0) is 4.79 Å². The van der Waals surface area contributed by atoms with Gasteiger partial charge in [-0.1, -0.05) is 23.2 Å². The Balaban J connectivity index is 2.96. The van der Waals surface area contributed by atoms with Gasteiger partial charge >= 0.3 is 11.9 Å². The summed E-state index contributed by atoms with van der Waals surface area (Å²) in [6.07, 6.45) is -0.141. The van der Waals surface area contributed by atoms with Gasteiger partial charge in [-0.05, 0) is 12.1 Å². The third kappa shape index (κ3) is 3.80. The normalized spacial score (nSPS) is 10.0. The predicted molar refractivity (Wildman–Crippen MR) is 64.2 cm³/mol. The SMILES string of the molecule is O=C(O)CCNc1c(Cl)cc(Cl)cc1C(=O)O. The first-order valence-electron chi connectivity index (χ1n) is 4.60. The van der Waals surface area contributed by atoms with E-state index in [1.54, 1.807) is 0 Å². The number of aromatic carboxylic acids is 1. The van der Waals surface area contributed by atoms with E-state index < -0.39 is 11.9 Å². The maximum Gasteiger partial charge on any atom is 0.337 e. The molecule has 0 aromatic heterocycles. The van der Waals surface area contributed by atoms with Crippen LogP contribution in [0.15, 0.2) is 12.1 Å². The van der Waals surface area contributed by atoms with Crippen molar-refractivity contribution in [3.63, 3.8) is 0 Å². The molecule has 1 rings (SSSR count). The van der Waals surface area contributed by atoms with Gasteiger partial charge in [0.1, 0.15) is 0 Å². The lowest BCUT2D eigenvalue weighted by Crippen LogP contribution is -2.11. The Kier molecular flexibility index (Phi) is 4.60. The van der Waals surface area contributed by atoms with Gasteiger partial charge in [-0.25, -0.2) is 4.79 Å². The largest absolute Gasteiger partial charge is 0.481 e. The van der Waals surface area contributed by atoms with Gasteiger partial charge in [-0.2, -0.15) is 0 Å². The molecule has 0 amide bonds. The Bertz CT molecular complexity index is 462. The molecule has 0 aliphatic rings. The Morgan fingerprint density at radius 2 is 1.88 bits per heavy atom. The minimum Gasteiger partial charge on any atom is -0.481 e. The van der Waals surface area contributed by atoms with E-state index in [9.17, 15) is 9.59 Å². The zero-order valence-corrected chi connectivity index (χ0v) is 10.0. The van der Waals surface area contributed by atoms with Crippen LogP contribution in [-0.4, -0.2) is 28.7 Å². The van der Waals surface area contributed by atoms with Crippen molar-refractivity contribution in [2.75, 3.05) is 11.9 Å². The molecule has 0 radical (unpaired) electrons. The summed E-state index contributed by atoms with van der Waals surface area (Å²) >= 11 is 11.5. The van der Waals surface area contributed by atoms with Crippen molar-refractivity contribution in [2.45, 2.75) is 6.42 Å². The van der Waals surface area contributed by atoms with Crippen LogP contribution in [0.1, 0.15) is 16.8 Å². The summed E-state index contributed by atoms with van der Waals surface area (Å²) in [5.41, 5.74) is 0.0812. The number of aliphatic carboxylic acids is 1. The fourth-order valence-electron chi connectivity index (χ4n) is 1.22. The van der Waals surface area contributed by atoms with E-state index in [0.717, 1.165) is 0 Å². The van der Waals surface area contributed by atoms with Crippen molar-refractivity contribution in [3.8, 4) is 0 Å². The van der Waals surface area contributed by atoms with Crippen molar-refractivity contribution >= 4 is 40.8 Å². The highest BCUT2D eigenvalue weighted by molar-refractivity contribution is 6.37. The molecule has 0 unspecified atom stereocenters. The molecule has 3 N–H and O–H groups in total. The van der Waals surface area contributed by atoms with E-state index in [2.05, 4.69) is 5.32 Å². The number of carboxylic acids is 2. The average Bonchev–Trinajstić information content (AvgIpc) is 2.19. The zero-order valence-electron chi connectivity index (χ0n) is 8.54. The highest BCUT2D eigenvalue weighted by atomic mass is 35.5. The molecule has 0 saturated carbocycles. The van der Waals surface area contributed by atoms with Crippen LogP contribution in [0.5, 0.6) is 0 Å². The molecule has 0 heterocycles. The molecular formula is C10H9Cl2NO4. The van der Waals surface area contributed by atoms with Crippen molar-refractivity contribution in [1.29, 1.82) is 0 Å². The lowest BCUT2D eigenvalue weighted by molar-refractivity contribution is -0.136. The number of hydrogen-bond donors (Lipinski definition) is 3. The number of nitrogens with one attached hydrogen (secondary N) is 1. The molecule has 1 aromatic rings. The Hall–Kier alpha value is -1.46. The van der Waals surface area contributed by atoms with Crippen LogP contribution in [0.25, 0.3) is 0 Å². The zero-order chi connectivity index (χ0) is 13.0. The number of hydrogen-bond acceptors (Lipinski definition) is 3. The third-order valence-electron chi connectivity index (χ3n) is 1.93. The molecule has 17 heavy (non-hydrogen) atoms. The second-order valence-electron chi connectivity index (χ2n) is 3.19. The summed E-state index contributed by atoms with van der Waals surface area (Å²) in [6, 6.07) is 2.64. The summed E-state index contributed by atoms with van der Waals surface area (Å²) < 4.78 is 0. The van der Waals surface area contributed by atoms with Gasteiger partial charge in [0.05, 0.1) is 22.7 Å². The van der Waals surface area contributed by atoms with E-state index in [-0.39, 0.29) is 34.3 Å². The van der Waals surface area contributed by atoms with E-state index in [4.69, 9.17) is 33.4 Å². The van der Waals surface area contributed by atoms with Crippen LogP contribution in [0, 0.1) is 0 Å². The third-order valence-corrected chi connectivity index (χ3v) is 2.44. The quantitative estimate of drug-likeness (QED) is 0.770. The molecule has 0 aliphatic carbocycles. The molecule has 0 saturated heterocycles. The highest BCUT2D eigenvalue weighted by Gasteiger charge is 2.14. The van der Waals surface area contributed by atoms with E-state index in [1.807, 2.05) is 0 Å². The first-order valence-corrected chi connectivity index (χ1v) is 5.35. The van der Waals surface area contributed by atoms with Crippen molar-refractivity contribution < 1.29 is 19.8 Å². The number of halogens is 2.